The second-order valence-corrected chi connectivity index (χ2v) is 8.12. The number of carbonyl (C=O) groups is 1. The van der Waals surface area contributed by atoms with Crippen LogP contribution in [-0.4, -0.2) is 18.3 Å². The fraction of sp³-hybridized carbons (Fsp3) is 0.136. The molecule has 0 aliphatic carbocycles. The first-order chi connectivity index (χ1) is 13.6. The molecule has 28 heavy (non-hydrogen) atoms. The Morgan fingerprint density at radius 3 is 2.61 bits per heavy atom. The minimum absolute atomic E-state index is 0.140. The van der Waals surface area contributed by atoms with Crippen LogP contribution in [0.3, 0.4) is 0 Å². The number of rotatable bonds is 5. The average Bonchev–Trinajstić information content (AvgIpc) is 3.06. The highest BCUT2D eigenvalue weighted by Crippen LogP contribution is 2.37. The Kier molecular flexibility index (Phi) is 5.20. The lowest BCUT2D eigenvalue weighted by Crippen LogP contribution is -2.22. The average molecular weight is 412 g/mol. The van der Waals surface area contributed by atoms with Crippen molar-refractivity contribution in [3.63, 3.8) is 0 Å². The van der Waals surface area contributed by atoms with Gasteiger partial charge >= 0.3 is 0 Å². The van der Waals surface area contributed by atoms with E-state index >= 15 is 0 Å². The van der Waals surface area contributed by atoms with Crippen LogP contribution in [0.4, 0.5) is 5.69 Å². The maximum absolute atomic E-state index is 12.7. The molecule has 0 aliphatic heterocycles. The van der Waals surface area contributed by atoms with Crippen LogP contribution in [0.2, 0.25) is 5.02 Å². The number of thioether (sulfide) groups is 1. The molecule has 3 aromatic carbocycles. The third-order valence-electron chi connectivity index (χ3n) is 4.47. The van der Waals surface area contributed by atoms with Gasteiger partial charge in [0, 0.05) is 21.7 Å². The number of amides is 1. The lowest BCUT2D eigenvalue weighted by molar-refractivity contribution is -0.115. The minimum Gasteiger partial charge on any atom is -0.495 e. The summed E-state index contributed by atoms with van der Waals surface area (Å²) in [7, 11) is 1.58. The molecule has 0 spiro atoms. The summed E-state index contributed by atoms with van der Waals surface area (Å²) in [4.78, 5) is 13.6. The molecular weight excluding hydrogens is 394 g/mol. The second-order valence-electron chi connectivity index (χ2n) is 6.33. The number of nitrogens with one attached hydrogen (secondary N) is 1. The van der Waals surface area contributed by atoms with Crippen molar-refractivity contribution in [3.05, 3.63) is 65.7 Å². The Hall–Kier alpha value is -2.63. The number of hydrogen-bond acceptors (Lipinski definition) is 4. The quantitative estimate of drug-likeness (QED) is 0.388. The molecule has 1 atom stereocenters. The Morgan fingerprint density at radius 1 is 1.07 bits per heavy atom. The number of carbonyl (C=O) groups excluding carboxylic acids is 1. The molecule has 0 aliphatic rings. The number of hydrogen-bond donors (Lipinski definition) is 1. The largest absolute Gasteiger partial charge is 0.495 e. The van der Waals surface area contributed by atoms with Crippen molar-refractivity contribution in [3.8, 4) is 5.75 Å². The summed E-state index contributed by atoms with van der Waals surface area (Å²) in [6.07, 6.45) is 0. The summed E-state index contributed by atoms with van der Waals surface area (Å²) in [6.45, 7) is 1.84. The smallest absolute Gasteiger partial charge is 0.237 e. The van der Waals surface area contributed by atoms with Crippen LogP contribution in [0, 0.1) is 0 Å². The van der Waals surface area contributed by atoms with Crippen LogP contribution in [0.25, 0.3) is 21.9 Å². The van der Waals surface area contributed by atoms with Crippen molar-refractivity contribution in [2.45, 2.75) is 17.1 Å². The SMILES string of the molecule is COc1cc2c(cc1NC(=O)C(C)Sc1ccccc1Cl)oc1ccccc12. The van der Waals surface area contributed by atoms with Crippen LogP contribution in [0.5, 0.6) is 5.75 Å². The number of para-hydroxylation sites is 1. The van der Waals surface area contributed by atoms with E-state index in [1.165, 1.54) is 11.8 Å². The van der Waals surface area contributed by atoms with Crippen LogP contribution < -0.4 is 10.1 Å². The van der Waals surface area contributed by atoms with Crippen molar-refractivity contribution < 1.29 is 13.9 Å². The van der Waals surface area contributed by atoms with E-state index in [-0.39, 0.29) is 11.2 Å². The van der Waals surface area contributed by atoms with E-state index in [1.54, 1.807) is 13.2 Å². The van der Waals surface area contributed by atoms with E-state index in [2.05, 4.69) is 5.32 Å². The van der Waals surface area contributed by atoms with Crippen LogP contribution in [0.1, 0.15) is 6.92 Å². The summed E-state index contributed by atoms with van der Waals surface area (Å²) >= 11 is 7.61. The first kappa shape index (κ1) is 18.7. The molecule has 1 amide bonds. The highest BCUT2D eigenvalue weighted by molar-refractivity contribution is 8.00. The summed E-state index contributed by atoms with van der Waals surface area (Å²) < 4.78 is 11.4. The molecule has 4 rings (SSSR count). The molecule has 6 heteroatoms. The zero-order valence-corrected chi connectivity index (χ0v) is 16.9. The molecule has 142 valence electrons. The van der Waals surface area contributed by atoms with Crippen LogP contribution >= 0.6 is 23.4 Å². The first-order valence-electron chi connectivity index (χ1n) is 8.78. The van der Waals surface area contributed by atoms with E-state index in [0.29, 0.717) is 22.0 Å². The molecule has 4 nitrogen and oxygen atoms in total. The van der Waals surface area contributed by atoms with E-state index in [4.69, 9.17) is 20.8 Å². The van der Waals surface area contributed by atoms with Gasteiger partial charge in [-0.1, -0.05) is 41.9 Å². The number of fused-ring (bicyclic) bond motifs is 3. The van der Waals surface area contributed by atoms with Gasteiger partial charge < -0.3 is 14.5 Å². The first-order valence-corrected chi connectivity index (χ1v) is 10.0. The van der Waals surface area contributed by atoms with Gasteiger partial charge in [-0.25, -0.2) is 0 Å². The summed E-state index contributed by atoms with van der Waals surface area (Å²) in [5.74, 6) is 0.445. The highest BCUT2D eigenvalue weighted by atomic mass is 35.5. The van der Waals surface area contributed by atoms with Gasteiger partial charge in [-0.05, 0) is 31.2 Å². The van der Waals surface area contributed by atoms with E-state index in [0.717, 1.165) is 21.3 Å². The Labute approximate surface area is 171 Å². The molecule has 1 unspecified atom stereocenters. The topological polar surface area (TPSA) is 51.5 Å². The maximum Gasteiger partial charge on any atom is 0.237 e. The van der Waals surface area contributed by atoms with Gasteiger partial charge in [0.25, 0.3) is 0 Å². The maximum atomic E-state index is 12.7. The molecule has 1 N–H and O–H groups in total. The Balaban J connectivity index is 1.62. The van der Waals surface area contributed by atoms with Crippen molar-refractivity contribution >= 4 is 56.9 Å². The number of ether oxygens (including phenoxy) is 1. The molecule has 0 saturated heterocycles. The lowest BCUT2D eigenvalue weighted by atomic mass is 10.1. The summed E-state index contributed by atoms with van der Waals surface area (Å²) in [5, 5.41) is 5.20. The van der Waals surface area contributed by atoms with Crippen LogP contribution in [0.15, 0.2) is 70.0 Å². The van der Waals surface area contributed by atoms with Crippen molar-refractivity contribution in [1.29, 1.82) is 0 Å². The minimum atomic E-state index is -0.337. The van der Waals surface area contributed by atoms with Crippen molar-refractivity contribution in [2.24, 2.45) is 0 Å². The van der Waals surface area contributed by atoms with E-state index < -0.39 is 0 Å². The molecular formula is C22H18ClNO3S. The molecule has 0 bridgehead atoms. The van der Waals surface area contributed by atoms with Gasteiger partial charge in [0.15, 0.2) is 0 Å². The summed E-state index contributed by atoms with van der Waals surface area (Å²) in [5.41, 5.74) is 2.07. The molecule has 0 radical (unpaired) electrons. The molecule has 0 saturated carbocycles. The summed E-state index contributed by atoms with van der Waals surface area (Å²) in [6, 6.07) is 19.0. The van der Waals surface area contributed by atoms with Gasteiger partial charge in [0.05, 0.1) is 23.1 Å². The number of furan rings is 1. The van der Waals surface area contributed by atoms with Gasteiger partial charge in [-0.2, -0.15) is 0 Å². The standard InChI is InChI=1S/C22H18ClNO3S/c1-13(28-21-10-6-4-8-16(21)23)22(25)24-17-12-19-15(11-20(17)26-2)14-7-3-5-9-18(14)27-19/h3-13H,1-2H3,(H,24,25). The Morgan fingerprint density at radius 2 is 1.82 bits per heavy atom. The van der Waals surface area contributed by atoms with Gasteiger partial charge in [0.2, 0.25) is 5.91 Å². The fourth-order valence-corrected chi connectivity index (χ4v) is 4.19. The molecule has 1 aromatic heterocycles. The third kappa shape index (κ3) is 3.55. The van der Waals surface area contributed by atoms with Crippen LogP contribution in [-0.2, 0) is 4.79 Å². The lowest BCUT2D eigenvalue weighted by Gasteiger charge is -2.15. The van der Waals surface area contributed by atoms with Gasteiger partial charge in [0.1, 0.15) is 16.9 Å². The van der Waals surface area contributed by atoms with Gasteiger partial charge in [-0.15, -0.1) is 11.8 Å². The monoisotopic (exact) mass is 411 g/mol. The second kappa shape index (κ2) is 7.78. The number of benzene rings is 3. The molecule has 4 aromatic rings. The van der Waals surface area contributed by atoms with Crippen molar-refractivity contribution in [2.75, 3.05) is 12.4 Å². The normalized spacial score (nSPS) is 12.2. The zero-order valence-electron chi connectivity index (χ0n) is 15.4. The number of halogens is 1. The Bertz CT molecular complexity index is 1170. The predicted molar refractivity (Wildman–Crippen MR) is 116 cm³/mol. The molecule has 0 fully saturated rings. The third-order valence-corrected chi connectivity index (χ3v) is 6.09. The fourth-order valence-electron chi connectivity index (χ4n) is 3.04. The van der Waals surface area contributed by atoms with E-state index in [1.807, 2.05) is 61.5 Å². The zero-order chi connectivity index (χ0) is 19.7. The number of anilines is 1. The highest BCUT2D eigenvalue weighted by Gasteiger charge is 2.19. The predicted octanol–water partition coefficient (Wildman–Crippen LogP) is 6.37. The van der Waals surface area contributed by atoms with Gasteiger partial charge in [-0.3, -0.25) is 4.79 Å². The van der Waals surface area contributed by atoms with E-state index in [9.17, 15) is 4.79 Å². The van der Waals surface area contributed by atoms with Crippen molar-refractivity contribution in [1.82, 2.24) is 0 Å². The number of methoxy groups -OCH3 is 1. The molecule has 1 heterocycles.